The summed E-state index contributed by atoms with van der Waals surface area (Å²) >= 11 is 0. The van der Waals surface area contributed by atoms with Crippen LogP contribution in [0.2, 0.25) is 0 Å². The first kappa shape index (κ1) is 16.1. The third-order valence-electron chi connectivity index (χ3n) is 7.51. The Morgan fingerprint density at radius 2 is 2.12 bits per heavy atom. The van der Waals surface area contributed by atoms with E-state index in [0.29, 0.717) is 24.4 Å². The normalized spacial score (nSPS) is 44.6. The molecule has 0 spiro atoms. The van der Waals surface area contributed by atoms with Gasteiger partial charge in [0.25, 0.3) is 0 Å². The lowest BCUT2D eigenvalue weighted by molar-refractivity contribution is -0.0505. The number of hydrogen-bond acceptors (Lipinski definition) is 4. The van der Waals surface area contributed by atoms with Crippen LogP contribution in [0, 0.1) is 17.3 Å². The van der Waals surface area contributed by atoms with Gasteiger partial charge in [-0.15, -0.1) is 0 Å². The molecule has 1 saturated heterocycles. The summed E-state index contributed by atoms with van der Waals surface area (Å²) < 4.78 is 11.1. The molecule has 2 saturated carbocycles. The van der Waals surface area contributed by atoms with E-state index in [9.17, 15) is 10.2 Å². The molecular weight excluding hydrogens is 316 g/mol. The summed E-state index contributed by atoms with van der Waals surface area (Å²) in [5.41, 5.74) is 2.80. The first-order valence-electron chi connectivity index (χ1n) is 9.79. The number of fused-ring (bicyclic) bond motifs is 5. The molecule has 4 aliphatic rings. The molecule has 3 fully saturated rings. The van der Waals surface area contributed by atoms with Crippen molar-refractivity contribution in [1.29, 1.82) is 0 Å². The fraction of sp³-hybridized carbons (Fsp3) is 0.714. The van der Waals surface area contributed by atoms with Gasteiger partial charge in [0.05, 0.1) is 18.8 Å². The minimum atomic E-state index is -0.555. The van der Waals surface area contributed by atoms with Gasteiger partial charge in [0.2, 0.25) is 0 Å². The average molecular weight is 344 g/mol. The topological polar surface area (TPSA) is 62.2 Å². The van der Waals surface area contributed by atoms with Crippen LogP contribution in [0.3, 0.4) is 0 Å². The fourth-order valence-corrected chi connectivity index (χ4v) is 5.99. The summed E-state index contributed by atoms with van der Waals surface area (Å²) in [7, 11) is 0. The Morgan fingerprint density at radius 3 is 2.92 bits per heavy atom. The zero-order valence-electron chi connectivity index (χ0n) is 14.9. The summed E-state index contributed by atoms with van der Waals surface area (Å²) in [6.07, 6.45) is 4.31. The van der Waals surface area contributed by atoms with E-state index in [2.05, 4.69) is 25.1 Å². The van der Waals surface area contributed by atoms with Gasteiger partial charge in [0.1, 0.15) is 18.5 Å². The number of epoxide rings is 1. The van der Waals surface area contributed by atoms with E-state index < -0.39 is 12.2 Å². The van der Waals surface area contributed by atoms with Gasteiger partial charge in [-0.25, -0.2) is 0 Å². The van der Waals surface area contributed by atoms with Crippen molar-refractivity contribution in [3.8, 4) is 5.75 Å². The zero-order valence-corrected chi connectivity index (χ0v) is 14.9. The largest absolute Gasteiger partial charge is 0.491 e. The lowest BCUT2D eigenvalue weighted by Crippen LogP contribution is -2.44. The first-order chi connectivity index (χ1) is 12.1. The van der Waals surface area contributed by atoms with Gasteiger partial charge >= 0.3 is 0 Å². The van der Waals surface area contributed by atoms with Gasteiger partial charge in [-0.05, 0) is 78.5 Å². The molecule has 1 aromatic carbocycles. The molecule has 0 bridgehead atoms. The van der Waals surface area contributed by atoms with E-state index in [0.717, 1.165) is 44.5 Å². The molecule has 25 heavy (non-hydrogen) atoms. The van der Waals surface area contributed by atoms with Crippen molar-refractivity contribution in [1.82, 2.24) is 0 Å². The van der Waals surface area contributed by atoms with Crippen molar-refractivity contribution in [3.63, 3.8) is 0 Å². The Hall–Kier alpha value is -1.10. The summed E-state index contributed by atoms with van der Waals surface area (Å²) in [5.74, 6) is 2.55. The highest BCUT2D eigenvalue weighted by Gasteiger charge is 2.57. The molecular formula is C21H28O4. The second-order valence-corrected chi connectivity index (χ2v) is 8.83. The summed E-state index contributed by atoms with van der Waals surface area (Å²) in [6.45, 7) is 3.68. The molecule has 136 valence electrons. The Kier molecular flexibility index (Phi) is 3.67. The van der Waals surface area contributed by atoms with Gasteiger partial charge < -0.3 is 19.7 Å². The Morgan fingerprint density at radius 1 is 1.28 bits per heavy atom. The van der Waals surface area contributed by atoms with Gasteiger partial charge in [0.15, 0.2) is 0 Å². The Bertz CT molecular complexity index is 670. The van der Waals surface area contributed by atoms with E-state index in [4.69, 9.17) is 9.47 Å². The van der Waals surface area contributed by atoms with Gasteiger partial charge in [-0.2, -0.15) is 0 Å². The molecule has 3 aliphatic carbocycles. The van der Waals surface area contributed by atoms with Crippen molar-refractivity contribution >= 4 is 0 Å². The molecule has 1 aliphatic heterocycles. The second-order valence-electron chi connectivity index (χ2n) is 8.83. The van der Waals surface area contributed by atoms with Crippen LogP contribution >= 0.6 is 0 Å². The monoisotopic (exact) mass is 344 g/mol. The number of aliphatic hydroxyl groups excluding tert-OH is 2. The van der Waals surface area contributed by atoms with Crippen LogP contribution in [0.25, 0.3) is 0 Å². The molecule has 2 N–H and O–H groups in total. The van der Waals surface area contributed by atoms with E-state index >= 15 is 0 Å². The number of benzene rings is 1. The SMILES string of the molecule is C[C@]12CC[C@@H]3c4ccc(OCC5CO5)cc4CC[C@H]3[C@@H]1C[C@@H](O)[C@@H]2O. The van der Waals surface area contributed by atoms with Gasteiger partial charge in [-0.1, -0.05) is 13.0 Å². The molecule has 0 radical (unpaired) electrons. The summed E-state index contributed by atoms with van der Waals surface area (Å²) in [5, 5.41) is 20.8. The quantitative estimate of drug-likeness (QED) is 0.828. The molecule has 4 nitrogen and oxygen atoms in total. The summed E-state index contributed by atoms with van der Waals surface area (Å²) in [6, 6.07) is 6.59. The number of hydrogen-bond donors (Lipinski definition) is 2. The van der Waals surface area contributed by atoms with Gasteiger partial charge in [-0.3, -0.25) is 0 Å². The highest BCUT2D eigenvalue weighted by molar-refractivity contribution is 5.41. The van der Waals surface area contributed by atoms with Crippen LogP contribution < -0.4 is 4.74 Å². The minimum absolute atomic E-state index is 0.106. The minimum Gasteiger partial charge on any atom is -0.491 e. The highest BCUT2D eigenvalue weighted by atomic mass is 16.6. The highest BCUT2D eigenvalue weighted by Crippen LogP contribution is 2.60. The molecule has 7 atom stereocenters. The maximum Gasteiger partial charge on any atom is 0.119 e. The smallest absolute Gasteiger partial charge is 0.119 e. The molecule has 4 heteroatoms. The maximum absolute atomic E-state index is 10.5. The van der Waals surface area contributed by atoms with Crippen molar-refractivity contribution in [2.75, 3.05) is 13.2 Å². The van der Waals surface area contributed by atoms with Crippen LogP contribution in [-0.4, -0.2) is 41.7 Å². The number of aryl methyl sites for hydroxylation is 1. The molecule has 1 heterocycles. The van der Waals surface area contributed by atoms with Crippen molar-refractivity contribution in [3.05, 3.63) is 29.3 Å². The lowest BCUT2D eigenvalue weighted by Gasteiger charge is -2.49. The molecule has 5 rings (SSSR count). The molecule has 0 amide bonds. The maximum atomic E-state index is 10.5. The number of rotatable bonds is 3. The second kappa shape index (κ2) is 5.70. The van der Waals surface area contributed by atoms with E-state index in [1.54, 1.807) is 0 Å². The Labute approximate surface area is 149 Å². The average Bonchev–Trinajstić information content (AvgIpc) is 3.41. The van der Waals surface area contributed by atoms with Crippen molar-refractivity contribution in [2.24, 2.45) is 17.3 Å². The van der Waals surface area contributed by atoms with Crippen LogP contribution in [-0.2, 0) is 11.2 Å². The van der Waals surface area contributed by atoms with Crippen LogP contribution in [0.5, 0.6) is 5.75 Å². The van der Waals surface area contributed by atoms with Crippen LogP contribution in [0.1, 0.15) is 49.7 Å². The van der Waals surface area contributed by atoms with E-state index in [1.165, 1.54) is 11.1 Å². The summed E-state index contributed by atoms with van der Waals surface area (Å²) in [4.78, 5) is 0. The van der Waals surface area contributed by atoms with E-state index in [-0.39, 0.29) is 11.5 Å². The Balaban J connectivity index is 1.39. The molecule has 0 aromatic heterocycles. The number of aliphatic hydroxyl groups is 2. The van der Waals surface area contributed by atoms with Crippen molar-refractivity contribution < 1.29 is 19.7 Å². The van der Waals surface area contributed by atoms with Crippen LogP contribution in [0.15, 0.2) is 18.2 Å². The standard InChI is InChI=1S/C21H28O4/c1-21-7-6-16-15-5-3-13(24-10-14-11-25-14)8-12(15)2-4-17(16)18(21)9-19(22)20(21)23/h3,5,8,14,16-20,22-23H,2,4,6-7,9-11H2,1H3/t14?,16-,17-,18+,19-,20+,21+/m1/s1. The van der Waals surface area contributed by atoms with Crippen LogP contribution in [0.4, 0.5) is 0 Å². The fourth-order valence-electron chi connectivity index (χ4n) is 5.99. The predicted molar refractivity (Wildman–Crippen MR) is 93.7 cm³/mol. The lowest BCUT2D eigenvalue weighted by atomic mass is 9.55. The number of ether oxygens (including phenoxy) is 2. The first-order valence-corrected chi connectivity index (χ1v) is 9.79. The van der Waals surface area contributed by atoms with Crippen molar-refractivity contribution in [2.45, 2.75) is 63.3 Å². The zero-order chi connectivity index (χ0) is 17.2. The van der Waals surface area contributed by atoms with E-state index in [1.807, 2.05) is 0 Å². The van der Waals surface area contributed by atoms with Gasteiger partial charge in [0, 0.05) is 0 Å². The third-order valence-corrected chi connectivity index (χ3v) is 7.51. The predicted octanol–water partition coefficient (Wildman–Crippen LogP) is 2.65. The molecule has 1 unspecified atom stereocenters. The molecule has 1 aromatic rings. The third kappa shape index (κ3) is 2.53.